The number of aromatic nitrogens is 4. The van der Waals surface area contributed by atoms with E-state index in [1.54, 1.807) is 0 Å². The van der Waals surface area contributed by atoms with Gasteiger partial charge in [-0.2, -0.15) is 5.10 Å². The first kappa shape index (κ1) is 22.5. The van der Waals surface area contributed by atoms with Crippen molar-refractivity contribution in [3.8, 4) is 11.5 Å². The Labute approximate surface area is 208 Å². The molecule has 4 heterocycles. The number of aliphatic imine (C=N–C) groups is 1. The van der Waals surface area contributed by atoms with Gasteiger partial charge < -0.3 is 19.9 Å². The largest absolute Gasteiger partial charge is 0.454 e. The number of nitrogens with zero attached hydrogens (tertiary/aromatic N) is 6. The van der Waals surface area contributed by atoms with Crippen LogP contribution in [0.5, 0.6) is 11.5 Å². The maximum Gasteiger partial charge on any atom is 0.293 e. The number of hydrogen-bond acceptors (Lipinski definition) is 7. The molecule has 184 valence electrons. The average molecular weight is 484 g/mol. The first-order chi connectivity index (χ1) is 17.5. The molecule has 0 spiro atoms. The minimum atomic E-state index is -0.184. The molecule has 4 aromatic rings. The summed E-state index contributed by atoms with van der Waals surface area (Å²) in [7, 11) is 0. The Morgan fingerprint density at radius 2 is 1.89 bits per heavy atom. The second-order valence-corrected chi connectivity index (χ2v) is 9.37. The zero-order valence-electron chi connectivity index (χ0n) is 20.5. The maximum absolute atomic E-state index is 13.8. The number of fused-ring (bicyclic) bond motifs is 3. The molecule has 9 heteroatoms. The van der Waals surface area contributed by atoms with Gasteiger partial charge in [-0.3, -0.25) is 4.79 Å². The van der Waals surface area contributed by atoms with Crippen molar-refractivity contribution in [3.05, 3.63) is 70.1 Å². The molecule has 2 aliphatic heterocycles. The Morgan fingerprint density at radius 1 is 1.11 bits per heavy atom. The number of hydrogen-bond donors (Lipinski definition) is 1. The molecule has 0 saturated carbocycles. The van der Waals surface area contributed by atoms with E-state index in [2.05, 4.69) is 10.00 Å². The summed E-state index contributed by atoms with van der Waals surface area (Å²) in [4.78, 5) is 25.8. The zero-order valence-corrected chi connectivity index (χ0v) is 20.5. The molecule has 2 aliphatic rings. The highest BCUT2D eigenvalue weighted by Gasteiger charge is 2.26. The first-order valence-electron chi connectivity index (χ1n) is 12.5. The van der Waals surface area contributed by atoms with Crippen molar-refractivity contribution in [2.75, 3.05) is 18.0 Å². The minimum Gasteiger partial charge on any atom is -0.454 e. The van der Waals surface area contributed by atoms with Crippen LogP contribution in [0.1, 0.15) is 31.0 Å². The predicted molar refractivity (Wildman–Crippen MR) is 141 cm³/mol. The van der Waals surface area contributed by atoms with E-state index in [0.29, 0.717) is 40.5 Å². The summed E-state index contributed by atoms with van der Waals surface area (Å²) < 4.78 is 9.66. The summed E-state index contributed by atoms with van der Waals surface area (Å²) in [6.07, 6.45) is 2.02. The number of anilines is 1. The Bertz CT molecular complexity index is 1550. The Hall–Kier alpha value is -3.98. The van der Waals surface area contributed by atoms with Crippen molar-refractivity contribution in [3.63, 3.8) is 0 Å². The van der Waals surface area contributed by atoms with E-state index in [1.807, 2.05) is 66.9 Å². The molecule has 0 aliphatic carbocycles. The topological polar surface area (TPSA) is 104 Å². The molecular weight excluding hydrogens is 454 g/mol. The predicted octanol–water partition coefficient (Wildman–Crippen LogP) is 3.78. The lowest BCUT2D eigenvalue weighted by atomic mass is 10.1. The maximum atomic E-state index is 13.8. The smallest absolute Gasteiger partial charge is 0.293 e. The van der Waals surface area contributed by atoms with Gasteiger partial charge in [-0.15, -0.1) is 0 Å². The van der Waals surface area contributed by atoms with Crippen LogP contribution in [-0.4, -0.2) is 44.2 Å². The SMILES string of the molecule is CCn1c(N2CCC[C@@H](N)C2)nc2c(C)nn(CC3=Nc4ccccc4Oc4ccccc43)c(=O)c21. The van der Waals surface area contributed by atoms with Crippen LogP contribution in [0.2, 0.25) is 0 Å². The number of piperidine rings is 1. The van der Waals surface area contributed by atoms with Crippen molar-refractivity contribution in [2.24, 2.45) is 10.7 Å². The second kappa shape index (κ2) is 8.91. The molecular formula is C27H29N7O2. The summed E-state index contributed by atoms with van der Waals surface area (Å²) in [6, 6.07) is 15.5. The highest BCUT2D eigenvalue weighted by atomic mass is 16.5. The molecule has 0 bridgehead atoms. The van der Waals surface area contributed by atoms with Crippen LogP contribution in [0.25, 0.3) is 11.0 Å². The number of rotatable bonds is 4. The minimum absolute atomic E-state index is 0.109. The first-order valence-corrected chi connectivity index (χ1v) is 12.5. The molecule has 1 fully saturated rings. The third-order valence-corrected chi connectivity index (χ3v) is 6.89. The van der Waals surface area contributed by atoms with Crippen LogP contribution < -0.4 is 20.9 Å². The van der Waals surface area contributed by atoms with Gasteiger partial charge in [0.2, 0.25) is 5.95 Å². The molecule has 2 N–H and O–H groups in total. The van der Waals surface area contributed by atoms with Crippen LogP contribution in [0.3, 0.4) is 0 Å². The van der Waals surface area contributed by atoms with E-state index < -0.39 is 0 Å². The highest BCUT2D eigenvalue weighted by molar-refractivity contribution is 6.05. The van der Waals surface area contributed by atoms with Gasteiger partial charge in [0.1, 0.15) is 22.5 Å². The fraction of sp³-hybridized carbons (Fsp3) is 0.333. The second-order valence-electron chi connectivity index (χ2n) is 9.37. The Balaban J connectivity index is 1.48. The van der Waals surface area contributed by atoms with Crippen molar-refractivity contribution >= 4 is 28.4 Å². The number of ether oxygens (including phenoxy) is 1. The molecule has 1 atom stereocenters. The van der Waals surface area contributed by atoms with Crippen LogP contribution in [-0.2, 0) is 13.1 Å². The number of imidazole rings is 1. The van der Waals surface area contributed by atoms with Gasteiger partial charge in [0.05, 0.1) is 18.0 Å². The molecule has 2 aromatic heterocycles. The van der Waals surface area contributed by atoms with Crippen LogP contribution in [0.15, 0.2) is 58.3 Å². The molecule has 36 heavy (non-hydrogen) atoms. The summed E-state index contributed by atoms with van der Waals surface area (Å²) in [5, 5.41) is 4.67. The van der Waals surface area contributed by atoms with Crippen molar-refractivity contribution < 1.29 is 4.74 Å². The Morgan fingerprint density at radius 3 is 2.69 bits per heavy atom. The number of aryl methyl sites for hydroxylation is 2. The summed E-state index contributed by atoms with van der Waals surface area (Å²) >= 11 is 0. The van der Waals surface area contributed by atoms with E-state index in [9.17, 15) is 4.79 Å². The molecule has 0 radical (unpaired) electrons. The van der Waals surface area contributed by atoms with Crippen LogP contribution in [0, 0.1) is 6.92 Å². The number of nitrogens with two attached hydrogens (primary N) is 1. The fourth-order valence-corrected chi connectivity index (χ4v) is 5.16. The summed E-state index contributed by atoms with van der Waals surface area (Å²) in [6.45, 7) is 6.39. The van der Waals surface area contributed by atoms with E-state index in [4.69, 9.17) is 20.4 Å². The van der Waals surface area contributed by atoms with Crippen LogP contribution >= 0.6 is 0 Å². The molecule has 0 amide bonds. The lowest BCUT2D eigenvalue weighted by molar-refractivity contribution is 0.484. The van der Waals surface area contributed by atoms with E-state index in [0.717, 1.165) is 43.1 Å². The van der Waals surface area contributed by atoms with Gasteiger partial charge in [-0.25, -0.2) is 14.7 Å². The lowest BCUT2D eigenvalue weighted by Gasteiger charge is -2.31. The van der Waals surface area contributed by atoms with E-state index in [1.165, 1.54) is 4.68 Å². The molecule has 9 nitrogen and oxygen atoms in total. The average Bonchev–Trinajstić information content (AvgIpc) is 3.21. The number of benzene rings is 2. The van der Waals surface area contributed by atoms with E-state index in [-0.39, 0.29) is 18.1 Å². The quantitative estimate of drug-likeness (QED) is 0.474. The third kappa shape index (κ3) is 3.76. The summed E-state index contributed by atoms with van der Waals surface area (Å²) in [5.74, 6) is 2.18. The van der Waals surface area contributed by atoms with E-state index >= 15 is 0 Å². The molecule has 0 unspecified atom stereocenters. The fourth-order valence-electron chi connectivity index (χ4n) is 5.16. The monoisotopic (exact) mass is 483 g/mol. The normalized spacial score (nSPS) is 17.2. The highest BCUT2D eigenvalue weighted by Crippen LogP contribution is 2.37. The van der Waals surface area contributed by atoms with Gasteiger partial charge in [0.15, 0.2) is 5.75 Å². The van der Waals surface area contributed by atoms with Gasteiger partial charge >= 0.3 is 0 Å². The molecule has 6 rings (SSSR count). The zero-order chi connectivity index (χ0) is 24.8. The summed E-state index contributed by atoms with van der Waals surface area (Å²) in [5.41, 5.74) is 10.3. The lowest BCUT2D eigenvalue weighted by Crippen LogP contribution is -2.44. The van der Waals surface area contributed by atoms with Gasteiger partial charge in [0.25, 0.3) is 5.56 Å². The standard InChI is InChI=1S/C27H29N7O2/c1-3-33-25-24(30-27(33)32-14-8-9-18(28)15-32)17(2)31-34(26(25)35)16-21-19-10-4-6-12-22(19)36-23-13-7-5-11-20(23)29-21/h4-7,10-13,18H,3,8-9,14-16,28H2,1-2H3/t18-/m1/s1. The molecule has 2 aromatic carbocycles. The van der Waals surface area contributed by atoms with Crippen LogP contribution in [0.4, 0.5) is 11.6 Å². The van der Waals surface area contributed by atoms with Crippen molar-refractivity contribution in [2.45, 2.75) is 45.8 Å². The van der Waals surface area contributed by atoms with Gasteiger partial charge in [0, 0.05) is 31.2 Å². The van der Waals surface area contributed by atoms with Gasteiger partial charge in [-0.1, -0.05) is 24.3 Å². The van der Waals surface area contributed by atoms with Crippen molar-refractivity contribution in [1.82, 2.24) is 19.3 Å². The van der Waals surface area contributed by atoms with Gasteiger partial charge in [-0.05, 0) is 51.0 Å². The molecule has 1 saturated heterocycles. The van der Waals surface area contributed by atoms with Crippen molar-refractivity contribution in [1.29, 1.82) is 0 Å². The Kier molecular flexibility index (Phi) is 5.56. The third-order valence-electron chi connectivity index (χ3n) is 6.89. The number of para-hydroxylation sites is 3.